The molecule has 2 unspecified atom stereocenters. The molecule has 0 aromatic carbocycles. The first-order valence-electron chi connectivity index (χ1n) is 10.9. The number of aromatic nitrogens is 2. The summed E-state index contributed by atoms with van der Waals surface area (Å²) in [5, 5.41) is 3.40. The first-order chi connectivity index (χ1) is 14.1. The minimum Gasteiger partial charge on any atom is -0.357 e. The Morgan fingerprint density at radius 2 is 1.73 bits per heavy atom. The van der Waals surface area contributed by atoms with Crippen LogP contribution in [0.1, 0.15) is 33.6 Å². The summed E-state index contributed by atoms with van der Waals surface area (Å²) in [7, 11) is 0. The summed E-state index contributed by atoms with van der Waals surface area (Å²) in [5.41, 5.74) is 0. The highest BCUT2D eigenvalue weighted by molar-refractivity contribution is 14.0. The lowest BCUT2D eigenvalue weighted by atomic mass is 9.92. The van der Waals surface area contributed by atoms with Crippen LogP contribution in [-0.4, -0.2) is 84.0 Å². The van der Waals surface area contributed by atoms with Crippen molar-refractivity contribution in [1.82, 2.24) is 25.1 Å². The summed E-state index contributed by atoms with van der Waals surface area (Å²) in [6.45, 7) is 13.1. The molecule has 1 N–H and O–H groups in total. The van der Waals surface area contributed by atoms with Crippen LogP contribution in [0.2, 0.25) is 0 Å². The number of carbonyl (C=O) groups excluding carboxylic acids is 1. The molecule has 2 atom stereocenters. The smallest absolute Gasteiger partial charge is 0.225 e. The van der Waals surface area contributed by atoms with Crippen molar-refractivity contribution in [2.24, 2.45) is 16.8 Å². The molecule has 168 valence electrons. The van der Waals surface area contributed by atoms with Crippen LogP contribution in [0.15, 0.2) is 23.5 Å². The normalized spacial score (nSPS) is 22.5. The summed E-state index contributed by atoms with van der Waals surface area (Å²) in [4.78, 5) is 32.4. The maximum Gasteiger partial charge on any atom is 0.225 e. The van der Waals surface area contributed by atoms with E-state index in [1.807, 2.05) is 11.0 Å². The lowest BCUT2D eigenvalue weighted by Crippen LogP contribution is -2.49. The van der Waals surface area contributed by atoms with Gasteiger partial charge in [-0.15, -0.1) is 24.0 Å². The van der Waals surface area contributed by atoms with Gasteiger partial charge in [0.15, 0.2) is 5.96 Å². The van der Waals surface area contributed by atoms with Crippen molar-refractivity contribution in [2.75, 3.05) is 57.3 Å². The number of likely N-dealkylation sites (tertiary alicyclic amines) is 1. The fraction of sp³-hybridized carbons (Fsp3) is 0.714. The van der Waals surface area contributed by atoms with Gasteiger partial charge in [0.1, 0.15) is 0 Å². The standard InChI is InChI=1S/C21H35N7O.HI/c1-4-22-20(28-15-17(2)14-18(3)16-28)25-9-6-19(29)26-10-12-27(13-11-26)21-23-7-5-8-24-21;/h5,7-8,17-18H,4,6,9-16H2,1-3H3,(H,22,25);1H. The predicted molar refractivity (Wildman–Crippen MR) is 131 cm³/mol. The van der Waals surface area contributed by atoms with Crippen molar-refractivity contribution in [3.8, 4) is 0 Å². The van der Waals surface area contributed by atoms with Gasteiger partial charge >= 0.3 is 0 Å². The summed E-state index contributed by atoms with van der Waals surface area (Å²) in [6, 6.07) is 1.82. The Morgan fingerprint density at radius 1 is 1.10 bits per heavy atom. The maximum absolute atomic E-state index is 12.6. The summed E-state index contributed by atoms with van der Waals surface area (Å²) < 4.78 is 0. The van der Waals surface area contributed by atoms with E-state index in [9.17, 15) is 4.79 Å². The van der Waals surface area contributed by atoms with Gasteiger partial charge in [0, 0.05) is 64.6 Å². The van der Waals surface area contributed by atoms with Crippen molar-refractivity contribution in [3.63, 3.8) is 0 Å². The molecule has 1 amide bonds. The highest BCUT2D eigenvalue weighted by Crippen LogP contribution is 2.21. The third kappa shape index (κ3) is 6.95. The first kappa shape index (κ1) is 24.6. The molecule has 0 bridgehead atoms. The van der Waals surface area contributed by atoms with E-state index < -0.39 is 0 Å². The topological polar surface area (TPSA) is 77.0 Å². The Kier molecular flexibility index (Phi) is 10.1. The average molecular weight is 529 g/mol. The molecule has 0 radical (unpaired) electrons. The molecule has 1 aromatic heterocycles. The largest absolute Gasteiger partial charge is 0.357 e. The first-order valence-corrected chi connectivity index (χ1v) is 10.9. The molecular formula is C21H36IN7O. The number of piperazine rings is 1. The number of halogens is 1. The molecule has 3 heterocycles. The number of anilines is 1. The van der Waals surface area contributed by atoms with Crippen LogP contribution < -0.4 is 10.2 Å². The van der Waals surface area contributed by atoms with E-state index in [-0.39, 0.29) is 29.9 Å². The Morgan fingerprint density at radius 3 is 2.33 bits per heavy atom. The minimum absolute atomic E-state index is 0. The van der Waals surface area contributed by atoms with Crippen molar-refractivity contribution in [3.05, 3.63) is 18.5 Å². The van der Waals surface area contributed by atoms with Crippen LogP contribution in [0.4, 0.5) is 5.95 Å². The number of nitrogens with zero attached hydrogens (tertiary/aromatic N) is 6. The molecule has 3 rings (SSSR count). The fourth-order valence-electron chi connectivity index (χ4n) is 4.29. The second-order valence-corrected chi connectivity index (χ2v) is 8.25. The molecule has 0 aliphatic carbocycles. The quantitative estimate of drug-likeness (QED) is 0.358. The van der Waals surface area contributed by atoms with Crippen molar-refractivity contribution in [1.29, 1.82) is 0 Å². The molecular weight excluding hydrogens is 493 g/mol. The third-order valence-corrected chi connectivity index (χ3v) is 5.56. The highest BCUT2D eigenvalue weighted by atomic mass is 127. The van der Waals surface area contributed by atoms with Crippen LogP contribution >= 0.6 is 24.0 Å². The van der Waals surface area contributed by atoms with E-state index >= 15 is 0 Å². The molecule has 2 fully saturated rings. The average Bonchev–Trinajstić information content (AvgIpc) is 2.73. The van der Waals surface area contributed by atoms with E-state index in [4.69, 9.17) is 4.99 Å². The zero-order valence-electron chi connectivity index (χ0n) is 18.5. The Bertz CT molecular complexity index is 669. The Labute approximate surface area is 197 Å². The van der Waals surface area contributed by atoms with Gasteiger partial charge < -0.3 is 20.0 Å². The number of hydrogen-bond donors (Lipinski definition) is 1. The number of guanidine groups is 1. The second-order valence-electron chi connectivity index (χ2n) is 8.25. The maximum atomic E-state index is 12.6. The SMILES string of the molecule is CCNC(=NCCC(=O)N1CCN(c2ncccn2)CC1)N1CC(C)CC(C)C1.I. The molecule has 2 saturated heterocycles. The van der Waals surface area contributed by atoms with Gasteiger partial charge in [0.05, 0.1) is 6.54 Å². The van der Waals surface area contributed by atoms with Gasteiger partial charge in [0.25, 0.3) is 0 Å². The molecule has 9 heteroatoms. The van der Waals surface area contributed by atoms with Gasteiger partial charge in [-0.2, -0.15) is 0 Å². The molecule has 2 aliphatic rings. The number of hydrogen-bond acceptors (Lipinski definition) is 5. The number of aliphatic imine (C=N–C) groups is 1. The molecule has 0 spiro atoms. The Balaban J connectivity index is 0.00000320. The summed E-state index contributed by atoms with van der Waals surface area (Å²) in [5.74, 6) is 3.22. The number of piperidine rings is 1. The molecule has 2 aliphatic heterocycles. The minimum atomic E-state index is 0. The van der Waals surface area contributed by atoms with Gasteiger partial charge in [-0.3, -0.25) is 9.79 Å². The highest BCUT2D eigenvalue weighted by Gasteiger charge is 2.25. The van der Waals surface area contributed by atoms with Crippen LogP contribution in [0.25, 0.3) is 0 Å². The Hall–Kier alpha value is -1.65. The molecule has 30 heavy (non-hydrogen) atoms. The zero-order chi connectivity index (χ0) is 20.6. The van der Waals surface area contributed by atoms with Gasteiger partial charge in [-0.05, 0) is 31.2 Å². The predicted octanol–water partition coefficient (Wildman–Crippen LogP) is 2.08. The molecule has 1 aromatic rings. The van der Waals surface area contributed by atoms with E-state index in [1.165, 1.54) is 6.42 Å². The number of amides is 1. The van der Waals surface area contributed by atoms with E-state index in [2.05, 4.69) is 45.9 Å². The van der Waals surface area contributed by atoms with Gasteiger partial charge in [-0.25, -0.2) is 9.97 Å². The lowest BCUT2D eigenvalue weighted by Gasteiger charge is -2.37. The lowest BCUT2D eigenvalue weighted by molar-refractivity contribution is -0.131. The van der Waals surface area contributed by atoms with Crippen molar-refractivity contribution in [2.45, 2.75) is 33.6 Å². The summed E-state index contributed by atoms with van der Waals surface area (Å²) in [6.07, 6.45) is 5.23. The van der Waals surface area contributed by atoms with Crippen LogP contribution in [0.3, 0.4) is 0 Å². The molecule has 8 nitrogen and oxygen atoms in total. The van der Waals surface area contributed by atoms with Crippen LogP contribution in [0.5, 0.6) is 0 Å². The van der Waals surface area contributed by atoms with Gasteiger partial charge in [-0.1, -0.05) is 13.8 Å². The number of carbonyl (C=O) groups is 1. The zero-order valence-corrected chi connectivity index (χ0v) is 20.8. The van der Waals surface area contributed by atoms with E-state index in [1.54, 1.807) is 12.4 Å². The second kappa shape index (κ2) is 12.3. The summed E-state index contributed by atoms with van der Waals surface area (Å²) >= 11 is 0. The van der Waals surface area contributed by atoms with Gasteiger partial charge in [0.2, 0.25) is 11.9 Å². The van der Waals surface area contributed by atoms with Crippen molar-refractivity contribution < 1.29 is 4.79 Å². The fourth-order valence-corrected chi connectivity index (χ4v) is 4.29. The van der Waals surface area contributed by atoms with Crippen molar-refractivity contribution >= 4 is 41.8 Å². The number of nitrogens with one attached hydrogen (secondary N) is 1. The number of rotatable bonds is 5. The monoisotopic (exact) mass is 529 g/mol. The molecule has 0 saturated carbocycles. The van der Waals surface area contributed by atoms with Crippen LogP contribution in [-0.2, 0) is 4.79 Å². The third-order valence-electron chi connectivity index (χ3n) is 5.56. The van der Waals surface area contributed by atoms with Crippen LogP contribution in [0, 0.1) is 11.8 Å². The van der Waals surface area contributed by atoms with E-state index in [0.717, 1.165) is 44.6 Å². The van der Waals surface area contributed by atoms with E-state index in [0.29, 0.717) is 37.9 Å².